The standard InChI is InChI=1S/C16H18N2O2S/c1-3-13-17-11(2)14(16(19)20)15(18-13)21-10-9-12-7-5-4-6-8-12/h4-8H,3,9-10H2,1-2H3,(H,19,20). The van der Waals surface area contributed by atoms with Crippen molar-refractivity contribution < 1.29 is 9.90 Å². The lowest BCUT2D eigenvalue weighted by molar-refractivity contribution is 0.0690. The zero-order chi connectivity index (χ0) is 15.2. The third kappa shape index (κ3) is 4.04. The first-order valence-electron chi connectivity index (χ1n) is 6.89. The highest BCUT2D eigenvalue weighted by molar-refractivity contribution is 7.99. The summed E-state index contributed by atoms with van der Waals surface area (Å²) >= 11 is 1.48. The molecule has 1 aromatic heterocycles. The van der Waals surface area contributed by atoms with Crippen molar-refractivity contribution in [2.24, 2.45) is 0 Å². The molecule has 21 heavy (non-hydrogen) atoms. The van der Waals surface area contributed by atoms with Crippen LogP contribution in [-0.2, 0) is 12.8 Å². The molecule has 2 rings (SSSR count). The molecule has 0 atom stereocenters. The van der Waals surface area contributed by atoms with Crippen LogP contribution in [0.1, 0.15) is 34.4 Å². The average Bonchev–Trinajstić information content (AvgIpc) is 2.47. The van der Waals surface area contributed by atoms with Crippen LogP contribution in [0.25, 0.3) is 0 Å². The highest BCUT2D eigenvalue weighted by Gasteiger charge is 2.17. The predicted octanol–water partition coefficient (Wildman–Crippen LogP) is 3.38. The Kier molecular flexibility index (Phi) is 5.33. The number of hydrogen-bond donors (Lipinski definition) is 1. The molecule has 0 unspecified atom stereocenters. The van der Waals surface area contributed by atoms with Crippen LogP contribution in [0.15, 0.2) is 35.4 Å². The molecule has 2 aromatic rings. The Balaban J connectivity index is 2.14. The third-order valence-electron chi connectivity index (χ3n) is 3.11. The number of hydrogen-bond acceptors (Lipinski definition) is 4. The SMILES string of the molecule is CCc1nc(C)c(C(=O)O)c(SCCc2ccccc2)n1. The molecule has 110 valence electrons. The van der Waals surface area contributed by atoms with E-state index in [-0.39, 0.29) is 5.56 Å². The maximum atomic E-state index is 11.4. The molecule has 0 aliphatic carbocycles. The van der Waals surface area contributed by atoms with Crippen LogP contribution in [0.2, 0.25) is 0 Å². The van der Waals surface area contributed by atoms with Crippen molar-refractivity contribution in [1.29, 1.82) is 0 Å². The van der Waals surface area contributed by atoms with Gasteiger partial charge in [-0.05, 0) is 18.9 Å². The first-order valence-corrected chi connectivity index (χ1v) is 7.88. The number of nitrogens with zero attached hydrogens (tertiary/aromatic N) is 2. The van der Waals surface area contributed by atoms with Gasteiger partial charge in [0.1, 0.15) is 16.4 Å². The Morgan fingerprint density at radius 2 is 1.95 bits per heavy atom. The van der Waals surface area contributed by atoms with E-state index in [4.69, 9.17) is 0 Å². The summed E-state index contributed by atoms with van der Waals surface area (Å²) in [4.78, 5) is 20.0. The van der Waals surface area contributed by atoms with Crippen LogP contribution >= 0.6 is 11.8 Å². The van der Waals surface area contributed by atoms with Crippen LogP contribution < -0.4 is 0 Å². The number of carboxylic acid groups (broad SMARTS) is 1. The van der Waals surface area contributed by atoms with Gasteiger partial charge in [0.05, 0.1) is 5.69 Å². The summed E-state index contributed by atoms with van der Waals surface area (Å²) in [6.07, 6.45) is 1.59. The fraction of sp³-hybridized carbons (Fsp3) is 0.312. The lowest BCUT2D eigenvalue weighted by Crippen LogP contribution is -2.09. The van der Waals surface area contributed by atoms with E-state index in [1.807, 2.05) is 25.1 Å². The second-order valence-electron chi connectivity index (χ2n) is 4.65. The summed E-state index contributed by atoms with van der Waals surface area (Å²) in [5.74, 6) is 0.529. The molecule has 0 saturated carbocycles. The molecule has 1 aromatic carbocycles. The lowest BCUT2D eigenvalue weighted by atomic mass is 10.2. The molecule has 0 amide bonds. The Hall–Kier alpha value is -1.88. The van der Waals surface area contributed by atoms with Crippen molar-refractivity contribution in [1.82, 2.24) is 9.97 Å². The zero-order valence-electron chi connectivity index (χ0n) is 12.2. The Labute approximate surface area is 128 Å². The van der Waals surface area contributed by atoms with Gasteiger partial charge in [-0.15, -0.1) is 11.8 Å². The molecule has 4 nitrogen and oxygen atoms in total. The minimum atomic E-state index is -0.961. The van der Waals surface area contributed by atoms with Gasteiger partial charge >= 0.3 is 5.97 Å². The van der Waals surface area contributed by atoms with Gasteiger partial charge in [-0.25, -0.2) is 14.8 Å². The molecule has 1 N–H and O–H groups in total. The number of aromatic carboxylic acids is 1. The predicted molar refractivity (Wildman–Crippen MR) is 84.0 cm³/mol. The van der Waals surface area contributed by atoms with Crippen LogP contribution in [-0.4, -0.2) is 26.8 Å². The van der Waals surface area contributed by atoms with Gasteiger partial charge in [0.25, 0.3) is 0 Å². The van der Waals surface area contributed by atoms with E-state index < -0.39 is 5.97 Å². The minimum Gasteiger partial charge on any atom is -0.478 e. The quantitative estimate of drug-likeness (QED) is 0.654. The van der Waals surface area contributed by atoms with Gasteiger partial charge in [-0.1, -0.05) is 37.3 Å². The number of rotatable bonds is 6. The maximum absolute atomic E-state index is 11.4. The molecule has 1 heterocycles. The van der Waals surface area contributed by atoms with E-state index in [0.29, 0.717) is 23.0 Å². The van der Waals surface area contributed by atoms with E-state index in [9.17, 15) is 9.90 Å². The Morgan fingerprint density at radius 3 is 2.57 bits per heavy atom. The van der Waals surface area contributed by atoms with Gasteiger partial charge in [-0.3, -0.25) is 0 Å². The van der Waals surface area contributed by atoms with Crippen molar-refractivity contribution in [3.05, 3.63) is 53.0 Å². The summed E-state index contributed by atoms with van der Waals surface area (Å²) in [6.45, 7) is 3.69. The third-order valence-corrected chi connectivity index (χ3v) is 4.08. The molecule has 0 saturated heterocycles. The van der Waals surface area contributed by atoms with Crippen molar-refractivity contribution in [2.75, 3.05) is 5.75 Å². The summed E-state index contributed by atoms with van der Waals surface area (Å²) in [5, 5.41) is 9.91. The van der Waals surface area contributed by atoms with Crippen LogP contribution in [0.3, 0.4) is 0 Å². The molecular formula is C16H18N2O2S. The minimum absolute atomic E-state index is 0.227. The molecule has 0 radical (unpaired) electrons. The molecule has 0 fully saturated rings. The summed E-state index contributed by atoms with van der Waals surface area (Å²) < 4.78 is 0. The fourth-order valence-corrected chi connectivity index (χ4v) is 3.10. The molecule has 0 aliphatic heterocycles. The fourth-order valence-electron chi connectivity index (χ4n) is 2.02. The molecule has 0 spiro atoms. The number of aryl methyl sites for hydroxylation is 3. The number of aromatic nitrogens is 2. The number of carbonyl (C=O) groups is 1. The van der Waals surface area contributed by atoms with Crippen molar-refractivity contribution >= 4 is 17.7 Å². The van der Waals surface area contributed by atoms with Crippen LogP contribution in [0.4, 0.5) is 0 Å². The second kappa shape index (κ2) is 7.22. The summed E-state index contributed by atoms with van der Waals surface area (Å²) in [5.41, 5.74) is 2.00. The topological polar surface area (TPSA) is 63.1 Å². The van der Waals surface area contributed by atoms with Gasteiger partial charge in [0.2, 0.25) is 0 Å². The zero-order valence-corrected chi connectivity index (χ0v) is 13.0. The number of thioether (sulfide) groups is 1. The Morgan fingerprint density at radius 1 is 1.24 bits per heavy atom. The highest BCUT2D eigenvalue weighted by atomic mass is 32.2. The maximum Gasteiger partial charge on any atom is 0.340 e. The Bertz CT molecular complexity index is 630. The van der Waals surface area contributed by atoms with E-state index in [0.717, 1.165) is 12.2 Å². The summed E-state index contributed by atoms with van der Waals surface area (Å²) in [7, 11) is 0. The van der Waals surface area contributed by atoms with Gasteiger partial charge in [0.15, 0.2) is 0 Å². The molecule has 5 heteroatoms. The second-order valence-corrected chi connectivity index (χ2v) is 5.73. The van der Waals surface area contributed by atoms with Crippen LogP contribution in [0.5, 0.6) is 0 Å². The van der Waals surface area contributed by atoms with Crippen molar-refractivity contribution in [3.63, 3.8) is 0 Å². The largest absolute Gasteiger partial charge is 0.478 e. The van der Waals surface area contributed by atoms with E-state index in [1.165, 1.54) is 17.3 Å². The molecule has 0 bridgehead atoms. The molecular weight excluding hydrogens is 284 g/mol. The van der Waals surface area contributed by atoms with Crippen molar-refractivity contribution in [2.45, 2.75) is 31.7 Å². The summed E-state index contributed by atoms with van der Waals surface area (Å²) in [6, 6.07) is 10.1. The van der Waals surface area contributed by atoms with Crippen LogP contribution in [0, 0.1) is 6.92 Å². The van der Waals surface area contributed by atoms with E-state index in [2.05, 4.69) is 22.1 Å². The first-order chi connectivity index (χ1) is 10.1. The molecule has 0 aliphatic rings. The number of benzene rings is 1. The van der Waals surface area contributed by atoms with E-state index in [1.54, 1.807) is 6.92 Å². The first kappa shape index (κ1) is 15.5. The van der Waals surface area contributed by atoms with Gasteiger partial charge in [0, 0.05) is 12.2 Å². The monoisotopic (exact) mass is 302 g/mol. The van der Waals surface area contributed by atoms with Gasteiger partial charge < -0.3 is 5.11 Å². The van der Waals surface area contributed by atoms with Crippen molar-refractivity contribution in [3.8, 4) is 0 Å². The smallest absolute Gasteiger partial charge is 0.340 e. The highest BCUT2D eigenvalue weighted by Crippen LogP contribution is 2.24. The van der Waals surface area contributed by atoms with Gasteiger partial charge in [-0.2, -0.15) is 0 Å². The normalized spacial score (nSPS) is 10.6. The number of carboxylic acids is 1. The van der Waals surface area contributed by atoms with E-state index >= 15 is 0 Å². The average molecular weight is 302 g/mol. The lowest BCUT2D eigenvalue weighted by Gasteiger charge is -2.09.